The maximum Gasteiger partial charge on any atom is 0.279 e. The summed E-state index contributed by atoms with van der Waals surface area (Å²) in [5.41, 5.74) is 4.68. The topological polar surface area (TPSA) is 47.4 Å². The summed E-state index contributed by atoms with van der Waals surface area (Å²) < 4.78 is 7.63. The zero-order valence-electron chi connectivity index (χ0n) is 14.4. The van der Waals surface area contributed by atoms with Crippen molar-refractivity contribution in [1.82, 2.24) is 9.78 Å². The molecular formula is C21H19N3O2. The largest absolute Gasteiger partial charge is 0.490 e. The minimum atomic E-state index is -0.0337. The maximum atomic E-state index is 13.4. The van der Waals surface area contributed by atoms with Crippen LogP contribution in [0.25, 0.3) is 5.69 Å². The van der Waals surface area contributed by atoms with Gasteiger partial charge in [0.2, 0.25) is 0 Å². The van der Waals surface area contributed by atoms with Crippen molar-refractivity contribution in [3.8, 4) is 11.4 Å². The van der Waals surface area contributed by atoms with Crippen LogP contribution in [0.1, 0.15) is 28.2 Å². The molecule has 3 aromatic rings. The first kappa shape index (κ1) is 15.2. The molecule has 2 aliphatic rings. The Labute approximate surface area is 151 Å². The molecule has 0 fully saturated rings. The van der Waals surface area contributed by atoms with E-state index < -0.39 is 0 Å². The predicted molar refractivity (Wildman–Crippen MR) is 99.2 cm³/mol. The van der Waals surface area contributed by atoms with Crippen molar-refractivity contribution in [2.45, 2.75) is 19.3 Å². The number of hydrogen-bond donors (Lipinski definition) is 0. The third kappa shape index (κ3) is 2.31. The molecule has 0 N–H and O–H groups in total. The van der Waals surface area contributed by atoms with Crippen molar-refractivity contribution in [2.75, 3.05) is 18.1 Å². The van der Waals surface area contributed by atoms with Gasteiger partial charge >= 0.3 is 0 Å². The zero-order chi connectivity index (χ0) is 17.5. The number of hydrogen-bond acceptors (Lipinski definition) is 3. The van der Waals surface area contributed by atoms with E-state index in [-0.39, 0.29) is 5.91 Å². The lowest BCUT2D eigenvalue weighted by Crippen LogP contribution is -2.38. The van der Waals surface area contributed by atoms with Crippen LogP contribution in [0, 0.1) is 0 Å². The van der Waals surface area contributed by atoms with E-state index in [2.05, 4.69) is 0 Å². The lowest BCUT2D eigenvalue weighted by atomic mass is 10.1. The molecule has 0 unspecified atom stereocenters. The Morgan fingerprint density at radius 1 is 1.00 bits per heavy atom. The van der Waals surface area contributed by atoms with Crippen molar-refractivity contribution in [3.05, 3.63) is 71.5 Å². The molecule has 0 bridgehead atoms. The van der Waals surface area contributed by atoms with Gasteiger partial charge in [-0.15, -0.1) is 0 Å². The Morgan fingerprint density at radius 3 is 2.69 bits per heavy atom. The average Bonchev–Trinajstić information content (AvgIpc) is 3.30. The first-order valence-corrected chi connectivity index (χ1v) is 9.03. The van der Waals surface area contributed by atoms with E-state index in [9.17, 15) is 4.79 Å². The summed E-state index contributed by atoms with van der Waals surface area (Å²) in [6.07, 6.45) is 2.94. The first-order valence-electron chi connectivity index (χ1n) is 9.03. The van der Waals surface area contributed by atoms with Gasteiger partial charge in [-0.1, -0.05) is 30.3 Å². The van der Waals surface area contributed by atoms with Gasteiger partial charge in [-0.25, -0.2) is 4.68 Å². The van der Waals surface area contributed by atoms with Gasteiger partial charge in [0.25, 0.3) is 5.91 Å². The molecule has 0 atom stereocenters. The van der Waals surface area contributed by atoms with E-state index in [1.807, 2.05) is 59.3 Å². The number of amides is 1. The van der Waals surface area contributed by atoms with Crippen molar-refractivity contribution in [1.29, 1.82) is 0 Å². The second-order valence-electron chi connectivity index (χ2n) is 6.65. The molecule has 2 heterocycles. The van der Waals surface area contributed by atoms with E-state index in [4.69, 9.17) is 9.84 Å². The van der Waals surface area contributed by atoms with Crippen molar-refractivity contribution >= 4 is 11.6 Å². The number of para-hydroxylation sites is 3. The Bertz CT molecular complexity index is 978. The molecule has 1 amide bonds. The minimum Gasteiger partial charge on any atom is -0.490 e. The number of fused-ring (bicyclic) bond motifs is 2. The highest BCUT2D eigenvalue weighted by molar-refractivity contribution is 6.07. The molecule has 26 heavy (non-hydrogen) atoms. The summed E-state index contributed by atoms with van der Waals surface area (Å²) in [5, 5.41) is 4.73. The van der Waals surface area contributed by atoms with Crippen LogP contribution in [0.2, 0.25) is 0 Å². The van der Waals surface area contributed by atoms with Crippen molar-refractivity contribution in [2.24, 2.45) is 0 Å². The number of carbonyl (C=O) groups excluding carboxylic acids is 1. The van der Waals surface area contributed by atoms with Gasteiger partial charge < -0.3 is 9.64 Å². The third-order valence-electron chi connectivity index (χ3n) is 5.11. The molecule has 5 rings (SSSR count). The van der Waals surface area contributed by atoms with E-state index in [0.717, 1.165) is 42.0 Å². The van der Waals surface area contributed by atoms with Gasteiger partial charge in [0, 0.05) is 11.3 Å². The van der Waals surface area contributed by atoms with E-state index >= 15 is 0 Å². The number of ether oxygens (including phenoxy) is 1. The van der Waals surface area contributed by atoms with E-state index in [1.165, 1.54) is 5.69 Å². The van der Waals surface area contributed by atoms with Gasteiger partial charge in [-0.3, -0.25) is 4.79 Å². The van der Waals surface area contributed by atoms with Gasteiger partial charge in [0.1, 0.15) is 12.4 Å². The molecule has 0 saturated carbocycles. The lowest BCUT2D eigenvalue weighted by molar-refractivity contribution is 0.0970. The highest BCUT2D eigenvalue weighted by Crippen LogP contribution is 2.34. The van der Waals surface area contributed by atoms with Crippen LogP contribution >= 0.6 is 0 Å². The number of carbonyl (C=O) groups is 1. The Morgan fingerprint density at radius 2 is 1.81 bits per heavy atom. The molecule has 1 aliphatic carbocycles. The fourth-order valence-corrected chi connectivity index (χ4v) is 3.90. The number of nitrogens with zero attached hydrogens (tertiary/aromatic N) is 3. The highest BCUT2D eigenvalue weighted by Gasteiger charge is 2.32. The van der Waals surface area contributed by atoms with Crippen LogP contribution in [0.4, 0.5) is 5.69 Å². The van der Waals surface area contributed by atoms with Gasteiger partial charge in [-0.05, 0) is 43.5 Å². The molecule has 0 saturated heterocycles. The molecule has 5 nitrogen and oxygen atoms in total. The minimum absolute atomic E-state index is 0.0337. The van der Waals surface area contributed by atoms with Crippen LogP contribution in [0.3, 0.4) is 0 Å². The Hall–Kier alpha value is -3.08. The molecule has 130 valence electrons. The summed E-state index contributed by atoms with van der Waals surface area (Å²) in [7, 11) is 0. The van der Waals surface area contributed by atoms with Crippen LogP contribution in [-0.4, -0.2) is 28.8 Å². The number of anilines is 1. The lowest BCUT2D eigenvalue weighted by Gasteiger charge is -2.29. The molecule has 2 aromatic carbocycles. The van der Waals surface area contributed by atoms with Crippen LogP contribution in [0.5, 0.6) is 5.75 Å². The second kappa shape index (κ2) is 6.02. The SMILES string of the molecule is O=C(c1nn(-c2ccccc2)c2c1CCC2)N1CCOc2ccccc21. The Balaban J connectivity index is 1.59. The van der Waals surface area contributed by atoms with Crippen LogP contribution < -0.4 is 9.64 Å². The van der Waals surface area contributed by atoms with Gasteiger partial charge in [0.05, 0.1) is 17.9 Å². The first-order chi connectivity index (χ1) is 12.8. The van der Waals surface area contributed by atoms with E-state index in [1.54, 1.807) is 4.90 Å². The number of rotatable bonds is 2. The smallest absolute Gasteiger partial charge is 0.279 e. The average molecular weight is 345 g/mol. The van der Waals surface area contributed by atoms with Gasteiger partial charge in [0.15, 0.2) is 5.69 Å². The highest BCUT2D eigenvalue weighted by atomic mass is 16.5. The zero-order valence-corrected chi connectivity index (χ0v) is 14.4. The van der Waals surface area contributed by atoms with Crippen LogP contribution in [0.15, 0.2) is 54.6 Å². The summed E-state index contributed by atoms with van der Waals surface area (Å²) >= 11 is 0. The second-order valence-corrected chi connectivity index (χ2v) is 6.65. The molecular weight excluding hydrogens is 326 g/mol. The molecule has 0 radical (unpaired) electrons. The van der Waals surface area contributed by atoms with Gasteiger partial charge in [-0.2, -0.15) is 5.10 Å². The van der Waals surface area contributed by atoms with Crippen LogP contribution in [-0.2, 0) is 12.8 Å². The molecule has 0 spiro atoms. The van der Waals surface area contributed by atoms with Crippen molar-refractivity contribution < 1.29 is 9.53 Å². The fraction of sp³-hybridized carbons (Fsp3) is 0.238. The number of aromatic nitrogens is 2. The summed E-state index contributed by atoms with van der Waals surface area (Å²) in [6.45, 7) is 1.05. The molecule has 1 aliphatic heterocycles. The predicted octanol–water partition coefficient (Wildman–Crippen LogP) is 3.40. The summed E-state index contributed by atoms with van der Waals surface area (Å²) in [6, 6.07) is 17.7. The summed E-state index contributed by atoms with van der Waals surface area (Å²) in [5.74, 6) is 0.722. The normalized spacial score (nSPS) is 15.3. The summed E-state index contributed by atoms with van der Waals surface area (Å²) in [4.78, 5) is 15.2. The van der Waals surface area contributed by atoms with Crippen molar-refractivity contribution in [3.63, 3.8) is 0 Å². The standard InChI is InChI=1S/C21H19N3O2/c25-21(23-13-14-26-19-12-5-4-10-18(19)23)20-16-9-6-11-17(16)24(22-20)15-7-2-1-3-8-15/h1-5,7-8,10,12H,6,9,11,13-14H2. The maximum absolute atomic E-state index is 13.4. The quantitative estimate of drug-likeness (QED) is 0.715. The molecule has 1 aromatic heterocycles. The fourth-order valence-electron chi connectivity index (χ4n) is 3.90. The Kier molecular flexibility index (Phi) is 3.52. The number of benzene rings is 2. The third-order valence-corrected chi connectivity index (χ3v) is 5.11. The molecule has 5 heteroatoms. The monoisotopic (exact) mass is 345 g/mol. The van der Waals surface area contributed by atoms with E-state index in [0.29, 0.717) is 18.8 Å².